The zero-order chi connectivity index (χ0) is 18.7. The topological polar surface area (TPSA) is 50.4 Å². The molecule has 0 fully saturated rings. The van der Waals surface area contributed by atoms with Gasteiger partial charge in [0.2, 0.25) is 0 Å². The molecule has 0 bridgehead atoms. The average molecular weight is 413 g/mol. The zero-order valence-electron chi connectivity index (χ0n) is 16.1. The third-order valence-corrected chi connectivity index (χ3v) is 4.16. The molecule has 0 aromatic heterocycles. The fraction of sp³-hybridized carbons (Fsp3) is 0.650. The van der Waals surface area contributed by atoms with Crippen LogP contribution in [-0.2, 0) is 11.3 Å². The van der Waals surface area contributed by atoms with Gasteiger partial charge in [0, 0.05) is 22.1 Å². The molecular formula is C20H33BrN2O2. The summed E-state index contributed by atoms with van der Waals surface area (Å²) in [5.74, 6) is 0.649. The van der Waals surface area contributed by atoms with Crippen LogP contribution in [-0.4, -0.2) is 24.6 Å². The summed E-state index contributed by atoms with van der Waals surface area (Å²) in [4.78, 5) is 11.9. The molecule has 0 atom stereocenters. The Morgan fingerprint density at radius 1 is 1.16 bits per heavy atom. The zero-order valence-corrected chi connectivity index (χ0v) is 17.7. The summed E-state index contributed by atoms with van der Waals surface area (Å²) in [6, 6.07) is 5.89. The highest BCUT2D eigenvalue weighted by Gasteiger charge is 2.14. The number of unbranched alkanes of at least 4 members (excludes halogenated alkanes) is 4. The number of halogens is 1. The summed E-state index contributed by atoms with van der Waals surface area (Å²) < 4.78 is 6.75. The van der Waals surface area contributed by atoms with E-state index in [9.17, 15) is 4.79 Å². The van der Waals surface area contributed by atoms with Gasteiger partial charge in [-0.05, 0) is 51.9 Å². The predicted molar refractivity (Wildman–Crippen MR) is 108 cm³/mol. The predicted octanol–water partition coefficient (Wildman–Crippen LogP) is 4.80. The first kappa shape index (κ1) is 22.0. The molecule has 1 aromatic rings. The largest absolute Gasteiger partial charge is 0.483 e. The molecule has 0 aliphatic heterocycles. The fourth-order valence-corrected chi connectivity index (χ4v) is 2.91. The third-order valence-electron chi connectivity index (χ3n) is 3.67. The van der Waals surface area contributed by atoms with Crippen molar-refractivity contribution in [2.75, 3.05) is 13.2 Å². The second-order valence-electron chi connectivity index (χ2n) is 7.43. The Morgan fingerprint density at radius 2 is 1.88 bits per heavy atom. The number of hydrogen-bond acceptors (Lipinski definition) is 3. The molecule has 0 aliphatic carbocycles. The van der Waals surface area contributed by atoms with E-state index in [-0.39, 0.29) is 18.1 Å². The average Bonchev–Trinajstić information content (AvgIpc) is 2.51. The smallest absolute Gasteiger partial charge is 0.258 e. The Labute approximate surface area is 161 Å². The van der Waals surface area contributed by atoms with E-state index >= 15 is 0 Å². The lowest BCUT2D eigenvalue weighted by atomic mass is 10.1. The Morgan fingerprint density at radius 3 is 2.56 bits per heavy atom. The first-order valence-electron chi connectivity index (χ1n) is 9.25. The second kappa shape index (κ2) is 11.5. The molecule has 0 aliphatic rings. The van der Waals surface area contributed by atoms with Crippen molar-refractivity contribution in [3.8, 4) is 5.75 Å². The maximum atomic E-state index is 11.9. The summed E-state index contributed by atoms with van der Waals surface area (Å²) in [7, 11) is 0. The standard InChI is InChI=1S/C20H33BrN2O2/c1-5-6-7-8-9-12-22-14-16-13-17(21)10-11-18(16)25-15-19(24)23-20(2,3)4/h10-11,13,22H,5-9,12,14-15H2,1-4H3,(H,23,24). The van der Waals surface area contributed by atoms with Gasteiger partial charge in [-0.25, -0.2) is 0 Å². The highest BCUT2D eigenvalue weighted by molar-refractivity contribution is 9.10. The number of nitrogens with one attached hydrogen (secondary N) is 2. The van der Waals surface area contributed by atoms with Gasteiger partial charge >= 0.3 is 0 Å². The highest BCUT2D eigenvalue weighted by atomic mass is 79.9. The van der Waals surface area contributed by atoms with Crippen LogP contribution >= 0.6 is 15.9 Å². The van der Waals surface area contributed by atoms with Crippen LogP contribution in [0.4, 0.5) is 0 Å². The van der Waals surface area contributed by atoms with Crippen LogP contribution in [0.3, 0.4) is 0 Å². The minimum absolute atomic E-state index is 0.0307. The maximum absolute atomic E-state index is 11.9. The number of hydrogen-bond donors (Lipinski definition) is 2. The minimum Gasteiger partial charge on any atom is -0.483 e. The lowest BCUT2D eigenvalue weighted by Gasteiger charge is -2.21. The molecule has 0 saturated heterocycles. The molecule has 0 spiro atoms. The first-order chi connectivity index (χ1) is 11.8. The van der Waals surface area contributed by atoms with Crippen molar-refractivity contribution >= 4 is 21.8 Å². The monoisotopic (exact) mass is 412 g/mol. The van der Waals surface area contributed by atoms with Crippen molar-refractivity contribution in [3.05, 3.63) is 28.2 Å². The molecule has 1 rings (SSSR count). The summed E-state index contributed by atoms with van der Waals surface area (Å²) in [6.45, 7) is 9.88. The van der Waals surface area contributed by atoms with E-state index < -0.39 is 0 Å². The first-order valence-corrected chi connectivity index (χ1v) is 10.0. The van der Waals surface area contributed by atoms with Crippen molar-refractivity contribution < 1.29 is 9.53 Å². The van der Waals surface area contributed by atoms with E-state index in [2.05, 4.69) is 33.5 Å². The van der Waals surface area contributed by atoms with Gasteiger partial charge in [-0.15, -0.1) is 0 Å². The van der Waals surface area contributed by atoms with Crippen LogP contribution in [0.25, 0.3) is 0 Å². The number of benzene rings is 1. The van der Waals surface area contributed by atoms with E-state index in [1.54, 1.807) is 0 Å². The van der Waals surface area contributed by atoms with Crippen LogP contribution in [0.5, 0.6) is 5.75 Å². The van der Waals surface area contributed by atoms with Crippen LogP contribution < -0.4 is 15.4 Å². The Balaban J connectivity index is 2.45. The fourth-order valence-electron chi connectivity index (χ4n) is 2.50. The lowest BCUT2D eigenvalue weighted by Crippen LogP contribution is -2.43. The Bertz CT molecular complexity index is 527. The summed E-state index contributed by atoms with van der Waals surface area (Å²) >= 11 is 3.50. The summed E-state index contributed by atoms with van der Waals surface area (Å²) in [5, 5.41) is 6.38. The normalized spacial score (nSPS) is 11.4. The van der Waals surface area contributed by atoms with E-state index in [0.717, 1.165) is 28.9 Å². The number of carbonyl (C=O) groups is 1. The van der Waals surface area contributed by atoms with Crippen LogP contribution in [0.1, 0.15) is 65.4 Å². The molecule has 0 unspecified atom stereocenters. The maximum Gasteiger partial charge on any atom is 0.258 e. The van der Waals surface area contributed by atoms with Gasteiger partial charge < -0.3 is 15.4 Å². The van der Waals surface area contributed by atoms with Crippen molar-refractivity contribution in [1.82, 2.24) is 10.6 Å². The van der Waals surface area contributed by atoms with Gasteiger partial charge in [-0.1, -0.05) is 48.5 Å². The summed E-state index contributed by atoms with van der Waals surface area (Å²) in [5.41, 5.74) is 0.814. The highest BCUT2D eigenvalue weighted by Crippen LogP contribution is 2.23. The van der Waals surface area contributed by atoms with Gasteiger partial charge in [0.1, 0.15) is 5.75 Å². The van der Waals surface area contributed by atoms with Crippen molar-refractivity contribution in [2.24, 2.45) is 0 Å². The number of rotatable bonds is 11. The molecule has 1 amide bonds. The van der Waals surface area contributed by atoms with Crippen LogP contribution in [0.2, 0.25) is 0 Å². The Kier molecular flexibility index (Phi) is 10.1. The molecule has 142 valence electrons. The van der Waals surface area contributed by atoms with Gasteiger partial charge in [0.05, 0.1) is 0 Å². The SMILES string of the molecule is CCCCCCCNCc1cc(Br)ccc1OCC(=O)NC(C)(C)C. The van der Waals surface area contributed by atoms with Gasteiger partial charge in [0.15, 0.2) is 6.61 Å². The molecule has 0 heterocycles. The number of ether oxygens (including phenoxy) is 1. The van der Waals surface area contributed by atoms with Crippen LogP contribution in [0, 0.1) is 0 Å². The molecule has 4 nitrogen and oxygen atoms in total. The molecular weight excluding hydrogens is 380 g/mol. The Hall–Kier alpha value is -1.07. The molecule has 2 N–H and O–H groups in total. The van der Waals surface area contributed by atoms with E-state index in [1.165, 1.54) is 32.1 Å². The van der Waals surface area contributed by atoms with Crippen molar-refractivity contribution in [3.63, 3.8) is 0 Å². The number of amides is 1. The van der Waals surface area contributed by atoms with Gasteiger partial charge in [-0.3, -0.25) is 4.79 Å². The molecule has 0 saturated carbocycles. The van der Waals surface area contributed by atoms with Gasteiger partial charge in [-0.2, -0.15) is 0 Å². The van der Waals surface area contributed by atoms with E-state index in [1.807, 2.05) is 39.0 Å². The second-order valence-corrected chi connectivity index (χ2v) is 8.35. The molecule has 1 aromatic carbocycles. The third kappa shape index (κ3) is 10.5. The van der Waals surface area contributed by atoms with E-state index in [0.29, 0.717) is 0 Å². The minimum atomic E-state index is -0.248. The van der Waals surface area contributed by atoms with E-state index in [4.69, 9.17) is 4.74 Å². The van der Waals surface area contributed by atoms with Crippen LogP contribution in [0.15, 0.2) is 22.7 Å². The molecule has 25 heavy (non-hydrogen) atoms. The van der Waals surface area contributed by atoms with Crippen molar-refractivity contribution in [1.29, 1.82) is 0 Å². The quantitative estimate of drug-likeness (QED) is 0.513. The van der Waals surface area contributed by atoms with Crippen molar-refractivity contribution in [2.45, 2.75) is 71.9 Å². The number of carbonyl (C=O) groups excluding carboxylic acids is 1. The lowest BCUT2D eigenvalue weighted by molar-refractivity contribution is -0.124. The summed E-state index contributed by atoms with van der Waals surface area (Å²) in [6.07, 6.45) is 6.37. The molecule has 0 radical (unpaired) electrons. The molecule has 5 heteroatoms. The van der Waals surface area contributed by atoms with Gasteiger partial charge in [0.25, 0.3) is 5.91 Å².